The van der Waals surface area contributed by atoms with E-state index in [0.29, 0.717) is 5.92 Å². The fraction of sp³-hybridized carbons (Fsp3) is 0.647. The molecule has 3 aliphatic carbocycles. The number of carboxylic acid groups (broad SMARTS) is 1. The molecule has 0 aromatic rings. The predicted molar refractivity (Wildman–Crippen MR) is 79.6 cm³/mol. The van der Waals surface area contributed by atoms with Gasteiger partial charge < -0.3 is 9.84 Å². The van der Waals surface area contributed by atoms with Gasteiger partial charge in [0.25, 0.3) is 0 Å². The highest BCUT2D eigenvalue weighted by atomic mass is 16.6. The zero-order valence-corrected chi connectivity index (χ0v) is 12.6. The second-order valence-corrected chi connectivity index (χ2v) is 6.48. The fourth-order valence-corrected chi connectivity index (χ4v) is 4.40. The number of ether oxygens (including phenoxy) is 1. The molecule has 3 fully saturated rings. The van der Waals surface area contributed by atoms with E-state index in [1.54, 1.807) is 0 Å². The smallest absolute Gasteiger partial charge is 0.330 e. The number of carboxylic acids is 1. The molecule has 4 unspecified atom stereocenters. The molecule has 4 atom stereocenters. The van der Waals surface area contributed by atoms with Crippen LogP contribution in [0, 0.1) is 17.8 Å². The van der Waals surface area contributed by atoms with Crippen LogP contribution in [0.5, 0.6) is 0 Å². The van der Waals surface area contributed by atoms with E-state index in [-0.39, 0.29) is 17.1 Å². The molecule has 0 heterocycles. The first-order chi connectivity index (χ1) is 9.89. The number of fused-ring (bicyclic) bond motifs is 5. The fourth-order valence-electron chi connectivity index (χ4n) is 4.40. The summed E-state index contributed by atoms with van der Waals surface area (Å²) in [5.74, 6) is 1.21. The summed E-state index contributed by atoms with van der Waals surface area (Å²) in [7, 11) is 0. The molecule has 3 aliphatic rings. The van der Waals surface area contributed by atoms with E-state index in [9.17, 15) is 9.59 Å². The molecule has 0 radical (unpaired) electrons. The van der Waals surface area contributed by atoms with Gasteiger partial charge in [-0.2, -0.15) is 0 Å². The largest absolute Gasteiger partial charge is 0.478 e. The molecule has 4 heteroatoms. The van der Waals surface area contributed by atoms with Gasteiger partial charge in [-0.3, -0.25) is 0 Å². The number of rotatable bonds is 3. The van der Waals surface area contributed by atoms with Crippen LogP contribution in [0.3, 0.4) is 0 Å². The van der Waals surface area contributed by atoms with Gasteiger partial charge in [0, 0.05) is 17.6 Å². The first-order valence-corrected chi connectivity index (χ1v) is 7.64. The van der Waals surface area contributed by atoms with Crippen LogP contribution >= 0.6 is 0 Å². The van der Waals surface area contributed by atoms with Crippen LogP contribution in [0.1, 0.15) is 45.4 Å². The number of esters is 1. The molecule has 21 heavy (non-hydrogen) atoms. The van der Waals surface area contributed by atoms with E-state index in [4.69, 9.17) is 9.84 Å². The van der Waals surface area contributed by atoms with E-state index in [1.165, 1.54) is 38.7 Å². The quantitative estimate of drug-likeness (QED) is 0.640. The third kappa shape index (κ3) is 3.04. The van der Waals surface area contributed by atoms with Crippen LogP contribution in [-0.4, -0.2) is 22.6 Å². The molecule has 1 N–H and O–H groups in total. The van der Waals surface area contributed by atoms with Crippen molar-refractivity contribution in [3.05, 3.63) is 24.8 Å². The Hall–Kier alpha value is -1.58. The van der Waals surface area contributed by atoms with Gasteiger partial charge in [-0.15, -0.1) is 0 Å². The molecule has 116 valence electrons. The van der Waals surface area contributed by atoms with Gasteiger partial charge in [0.2, 0.25) is 0 Å². The van der Waals surface area contributed by atoms with E-state index in [2.05, 4.69) is 13.2 Å². The zero-order chi connectivity index (χ0) is 15.6. The third-order valence-electron chi connectivity index (χ3n) is 5.23. The Morgan fingerprint density at radius 1 is 1.33 bits per heavy atom. The molecule has 4 nitrogen and oxygen atoms in total. The van der Waals surface area contributed by atoms with Crippen molar-refractivity contribution in [3.8, 4) is 0 Å². The summed E-state index contributed by atoms with van der Waals surface area (Å²) in [4.78, 5) is 21.0. The molecule has 0 spiro atoms. The van der Waals surface area contributed by atoms with Gasteiger partial charge in [-0.25, -0.2) is 9.59 Å². The van der Waals surface area contributed by atoms with Gasteiger partial charge in [0.15, 0.2) is 0 Å². The molecule has 0 aromatic carbocycles. The highest BCUT2D eigenvalue weighted by molar-refractivity contribution is 5.84. The first kappa shape index (κ1) is 15.8. The van der Waals surface area contributed by atoms with Crippen molar-refractivity contribution >= 4 is 11.9 Å². The minimum Gasteiger partial charge on any atom is -0.478 e. The van der Waals surface area contributed by atoms with E-state index in [1.807, 2.05) is 0 Å². The Balaban J connectivity index is 0.000000232. The van der Waals surface area contributed by atoms with E-state index in [0.717, 1.165) is 24.7 Å². The molecule has 2 bridgehead atoms. The van der Waals surface area contributed by atoms with Crippen molar-refractivity contribution in [2.45, 2.75) is 51.0 Å². The number of carbonyl (C=O) groups is 2. The van der Waals surface area contributed by atoms with Crippen LogP contribution in [-0.2, 0) is 14.3 Å². The number of hydrogen-bond donors (Lipinski definition) is 1. The minimum atomic E-state index is -0.935. The highest BCUT2D eigenvalue weighted by Crippen LogP contribution is 2.62. The topological polar surface area (TPSA) is 63.6 Å². The van der Waals surface area contributed by atoms with Crippen molar-refractivity contribution in [2.24, 2.45) is 17.8 Å². The standard InChI is InChI=1S/C13H18O2.C4H6O2/c1-2-12(14)15-13-7-6-9(8-13)10-4-3-5-11(10)13;1-3(2)4(5)6/h2,9-11H,1,3-8H2;1H2,2H3,(H,5,6). The van der Waals surface area contributed by atoms with Crippen LogP contribution < -0.4 is 0 Å². The van der Waals surface area contributed by atoms with Crippen LogP contribution in [0.25, 0.3) is 0 Å². The van der Waals surface area contributed by atoms with Gasteiger partial charge in [0.05, 0.1) is 0 Å². The Morgan fingerprint density at radius 2 is 2.00 bits per heavy atom. The summed E-state index contributed by atoms with van der Waals surface area (Å²) in [5, 5.41) is 7.89. The van der Waals surface area contributed by atoms with Gasteiger partial charge in [-0.05, 0) is 50.9 Å². The summed E-state index contributed by atoms with van der Waals surface area (Å²) in [6.07, 6.45) is 8.77. The van der Waals surface area contributed by atoms with Crippen molar-refractivity contribution in [3.63, 3.8) is 0 Å². The monoisotopic (exact) mass is 292 g/mol. The van der Waals surface area contributed by atoms with Crippen molar-refractivity contribution in [1.29, 1.82) is 0 Å². The second-order valence-electron chi connectivity index (χ2n) is 6.48. The van der Waals surface area contributed by atoms with Crippen LogP contribution in [0.4, 0.5) is 0 Å². The SMILES string of the molecule is C=C(C)C(=O)O.C=CC(=O)OC12CCC(C1)C1CCCC12. The summed E-state index contributed by atoms with van der Waals surface area (Å²) >= 11 is 0. The maximum Gasteiger partial charge on any atom is 0.330 e. The summed E-state index contributed by atoms with van der Waals surface area (Å²) in [5.41, 5.74) is 0.0897. The summed E-state index contributed by atoms with van der Waals surface area (Å²) in [6.45, 7) is 8.09. The number of aliphatic carboxylic acids is 1. The Morgan fingerprint density at radius 3 is 2.57 bits per heavy atom. The third-order valence-corrected chi connectivity index (χ3v) is 5.23. The zero-order valence-electron chi connectivity index (χ0n) is 12.6. The molecule has 0 amide bonds. The normalized spacial score (nSPS) is 35.4. The van der Waals surface area contributed by atoms with Crippen LogP contribution in [0.15, 0.2) is 24.8 Å². The number of carbonyl (C=O) groups excluding carboxylic acids is 1. The van der Waals surface area contributed by atoms with E-state index < -0.39 is 5.97 Å². The number of hydrogen-bond acceptors (Lipinski definition) is 3. The summed E-state index contributed by atoms with van der Waals surface area (Å²) in [6, 6.07) is 0. The Bertz CT molecular complexity index is 455. The maximum atomic E-state index is 11.4. The lowest BCUT2D eigenvalue weighted by molar-refractivity contribution is -0.158. The first-order valence-electron chi connectivity index (χ1n) is 7.64. The average molecular weight is 292 g/mol. The lowest BCUT2D eigenvalue weighted by atomic mass is 9.79. The minimum absolute atomic E-state index is 0.0862. The average Bonchev–Trinajstić information content (AvgIpc) is 3.10. The lowest BCUT2D eigenvalue weighted by Gasteiger charge is -2.35. The highest BCUT2D eigenvalue weighted by Gasteiger charge is 2.60. The van der Waals surface area contributed by atoms with Gasteiger partial charge >= 0.3 is 11.9 Å². The molecule has 3 saturated carbocycles. The molecule has 0 aromatic heterocycles. The predicted octanol–water partition coefficient (Wildman–Crippen LogP) is 3.33. The van der Waals surface area contributed by atoms with Gasteiger partial charge in [-0.1, -0.05) is 19.6 Å². The molecule has 0 aliphatic heterocycles. The molecular weight excluding hydrogens is 268 g/mol. The Labute approximate surface area is 125 Å². The molecular formula is C17H24O4. The van der Waals surface area contributed by atoms with Crippen molar-refractivity contribution < 1.29 is 19.4 Å². The second kappa shape index (κ2) is 6.04. The Kier molecular flexibility index (Phi) is 4.55. The van der Waals surface area contributed by atoms with Crippen molar-refractivity contribution in [2.75, 3.05) is 0 Å². The lowest BCUT2D eigenvalue weighted by Crippen LogP contribution is -2.38. The van der Waals surface area contributed by atoms with Crippen LogP contribution in [0.2, 0.25) is 0 Å². The summed E-state index contributed by atoms with van der Waals surface area (Å²) < 4.78 is 5.70. The van der Waals surface area contributed by atoms with Crippen molar-refractivity contribution in [1.82, 2.24) is 0 Å². The maximum absolute atomic E-state index is 11.4. The molecule has 3 rings (SSSR count). The molecule has 0 saturated heterocycles. The van der Waals surface area contributed by atoms with Gasteiger partial charge in [0.1, 0.15) is 5.60 Å². The van der Waals surface area contributed by atoms with E-state index >= 15 is 0 Å².